The van der Waals surface area contributed by atoms with Gasteiger partial charge >= 0.3 is 21.1 Å². The molecule has 1 aliphatic rings. The van der Waals surface area contributed by atoms with E-state index in [2.05, 4.69) is 84.9 Å². The molecule has 4 rings (SSSR count). The summed E-state index contributed by atoms with van der Waals surface area (Å²) in [6, 6.07) is 28.1. The van der Waals surface area contributed by atoms with E-state index in [1.807, 2.05) is 6.08 Å². The minimum atomic E-state index is 0. The molecular weight excluding hydrogens is 471 g/mol. The maximum atomic E-state index is 3.53. The van der Waals surface area contributed by atoms with Gasteiger partial charge < -0.3 is 0 Å². The zero-order valence-corrected chi connectivity index (χ0v) is 15.4. The molecule has 0 saturated carbocycles. The van der Waals surface area contributed by atoms with Crippen molar-refractivity contribution >= 4 is 5.57 Å². The quantitative estimate of drug-likeness (QED) is 0.432. The second-order valence-corrected chi connectivity index (χ2v) is 5.76. The van der Waals surface area contributed by atoms with E-state index in [9.17, 15) is 0 Å². The molecule has 0 amide bonds. The molecule has 24 heavy (non-hydrogen) atoms. The second kappa shape index (κ2) is 7.69. The molecule has 0 unspecified atom stereocenters. The maximum absolute atomic E-state index is 3.53. The molecule has 1 aliphatic carbocycles. The van der Waals surface area contributed by atoms with E-state index in [0.29, 0.717) is 0 Å². The molecule has 0 aromatic heterocycles. The van der Waals surface area contributed by atoms with Crippen LogP contribution in [0.5, 0.6) is 0 Å². The Labute approximate surface area is 158 Å². The first-order valence-electron chi connectivity index (χ1n) is 7.91. The molecule has 118 valence electrons. The van der Waals surface area contributed by atoms with Gasteiger partial charge in [-0.2, -0.15) is 60.7 Å². The molecule has 0 saturated heterocycles. The van der Waals surface area contributed by atoms with Crippen LogP contribution in [0.2, 0.25) is 0 Å². The average molecular weight is 487 g/mol. The topological polar surface area (TPSA) is 0 Å². The molecule has 0 spiro atoms. The van der Waals surface area contributed by atoms with E-state index >= 15 is 0 Å². The molecule has 0 atom stereocenters. The average Bonchev–Trinajstić information content (AvgIpc) is 3.29. The van der Waals surface area contributed by atoms with E-state index in [0.717, 1.165) is 24.0 Å². The third kappa shape index (κ3) is 3.71. The van der Waals surface area contributed by atoms with Crippen LogP contribution in [0.1, 0.15) is 23.1 Å². The van der Waals surface area contributed by atoms with Crippen molar-refractivity contribution in [2.45, 2.75) is 12.8 Å². The molecule has 0 heterocycles. The Morgan fingerprint density at radius 2 is 1.62 bits per heavy atom. The molecule has 3 aromatic carbocycles. The summed E-state index contributed by atoms with van der Waals surface area (Å²) in [7, 11) is 0. The van der Waals surface area contributed by atoms with Crippen molar-refractivity contribution in [3.05, 3.63) is 108 Å². The van der Waals surface area contributed by atoms with Gasteiger partial charge in [-0.1, -0.05) is 0 Å². The summed E-state index contributed by atoms with van der Waals surface area (Å²) < 4.78 is 0. The van der Waals surface area contributed by atoms with Gasteiger partial charge in [-0.05, 0) is 6.42 Å². The Kier molecular flexibility index (Phi) is 5.38. The van der Waals surface area contributed by atoms with Crippen LogP contribution in [0.4, 0.5) is 0 Å². The summed E-state index contributed by atoms with van der Waals surface area (Å²) in [4.78, 5) is 0. The van der Waals surface area contributed by atoms with Gasteiger partial charge in [0.05, 0.1) is 0 Å². The number of rotatable bonds is 4. The van der Waals surface area contributed by atoms with Crippen molar-refractivity contribution < 1.29 is 21.1 Å². The van der Waals surface area contributed by atoms with Crippen LogP contribution in [0, 0.1) is 18.2 Å². The van der Waals surface area contributed by atoms with Gasteiger partial charge in [0.25, 0.3) is 0 Å². The molecule has 0 aliphatic heterocycles. The van der Waals surface area contributed by atoms with Crippen LogP contribution in [0.3, 0.4) is 0 Å². The van der Waals surface area contributed by atoms with Crippen LogP contribution in [-0.2, 0) is 27.5 Å². The van der Waals surface area contributed by atoms with E-state index in [-0.39, 0.29) is 21.1 Å². The van der Waals surface area contributed by atoms with Crippen LogP contribution in [0.25, 0.3) is 16.7 Å². The summed E-state index contributed by atoms with van der Waals surface area (Å²) in [5, 5.41) is 0. The normalized spacial score (nSPS) is 12.8. The van der Waals surface area contributed by atoms with E-state index in [1.54, 1.807) is 0 Å². The minimum Gasteiger partial charge on any atom is -0.247 e. The SMILES string of the molecule is [C-]1=C(c2[c-]c(Cc3[c-]c(-c4ccc[cH-]4)ccc3)ccc2)CC=C1.[Pt+4]. The Morgan fingerprint density at radius 1 is 0.875 bits per heavy atom. The Hall–Kier alpha value is -2.04. The van der Waals surface area contributed by atoms with Crippen molar-refractivity contribution in [3.63, 3.8) is 0 Å². The standard InChI is InChI=1S/C23H16.Pt/c1-2-10-20(9-1)22-13-5-7-18(16-22)15-19-8-6-14-23(17-19)21-11-3-4-12-21;/h1-10,13-14H,11,15H2;/q-4;+4. The third-order valence-corrected chi connectivity index (χ3v) is 4.09. The van der Waals surface area contributed by atoms with Crippen molar-refractivity contribution in [2.75, 3.05) is 0 Å². The first-order valence-corrected chi connectivity index (χ1v) is 7.91. The van der Waals surface area contributed by atoms with E-state index in [1.165, 1.54) is 22.3 Å². The molecule has 3 aromatic rings. The molecule has 0 fully saturated rings. The van der Waals surface area contributed by atoms with Crippen molar-refractivity contribution in [3.8, 4) is 11.1 Å². The molecule has 0 nitrogen and oxygen atoms in total. The number of hydrogen-bond acceptors (Lipinski definition) is 0. The predicted molar refractivity (Wildman–Crippen MR) is 94.8 cm³/mol. The van der Waals surface area contributed by atoms with E-state index in [4.69, 9.17) is 0 Å². The van der Waals surface area contributed by atoms with Gasteiger partial charge in [0.15, 0.2) is 0 Å². The maximum Gasteiger partial charge on any atom is 4.00 e. The Balaban J connectivity index is 0.00000169. The van der Waals surface area contributed by atoms with Crippen LogP contribution in [-0.4, -0.2) is 0 Å². The zero-order valence-electron chi connectivity index (χ0n) is 13.2. The first kappa shape index (κ1) is 16.8. The van der Waals surface area contributed by atoms with Crippen molar-refractivity contribution in [2.24, 2.45) is 0 Å². The summed E-state index contributed by atoms with van der Waals surface area (Å²) in [6.07, 6.45) is 9.22. The van der Waals surface area contributed by atoms with Crippen LogP contribution < -0.4 is 0 Å². The monoisotopic (exact) mass is 487 g/mol. The fourth-order valence-electron chi connectivity index (χ4n) is 2.93. The summed E-state index contributed by atoms with van der Waals surface area (Å²) >= 11 is 0. The Morgan fingerprint density at radius 3 is 2.29 bits per heavy atom. The molecule has 1 heteroatoms. The first-order chi connectivity index (χ1) is 11.4. The van der Waals surface area contributed by atoms with Crippen LogP contribution >= 0.6 is 0 Å². The van der Waals surface area contributed by atoms with Gasteiger partial charge in [-0.25, -0.2) is 40.5 Å². The molecule has 0 bridgehead atoms. The zero-order chi connectivity index (χ0) is 15.5. The summed E-state index contributed by atoms with van der Waals surface area (Å²) in [6.45, 7) is 0. The fourth-order valence-corrected chi connectivity index (χ4v) is 2.93. The Bertz CT molecular complexity index is 867. The van der Waals surface area contributed by atoms with Gasteiger partial charge in [0.1, 0.15) is 0 Å². The number of allylic oxidation sites excluding steroid dienone is 4. The third-order valence-electron chi connectivity index (χ3n) is 4.09. The predicted octanol–water partition coefficient (Wildman–Crippen LogP) is 5.41. The second-order valence-electron chi connectivity index (χ2n) is 5.76. The number of hydrogen-bond donors (Lipinski definition) is 0. The van der Waals surface area contributed by atoms with Gasteiger partial charge in [0.2, 0.25) is 0 Å². The largest absolute Gasteiger partial charge is 4.00 e. The fraction of sp³-hybridized carbons (Fsp3) is 0.0870. The van der Waals surface area contributed by atoms with E-state index < -0.39 is 0 Å². The van der Waals surface area contributed by atoms with Gasteiger partial charge in [0, 0.05) is 0 Å². The van der Waals surface area contributed by atoms with Crippen molar-refractivity contribution in [1.29, 1.82) is 0 Å². The van der Waals surface area contributed by atoms with Crippen LogP contribution in [0.15, 0.2) is 72.8 Å². The minimum absolute atomic E-state index is 0. The number of benzene rings is 2. The smallest absolute Gasteiger partial charge is 0.247 e. The molecule has 0 radical (unpaired) electrons. The molecule has 0 N–H and O–H groups in total. The van der Waals surface area contributed by atoms with Gasteiger partial charge in [-0.3, -0.25) is 0 Å². The summed E-state index contributed by atoms with van der Waals surface area (Å²) in [5.74, 6) is 0. The van der Waals surface area contributed by atoms with Crippen molar-refractivity contribution in [1.82, 2.24) is 0 Å². The molecular formula is C23H16Pt. The summed E-state index contributed by atoms with van der Waals surface area (Å²) in [5.41, 5.74) is 7.14. The van der Waals surface area contributed by atoms with Gasteiger partial charge in [-0.15, -0.1) is 29.7 Å².